The summed E-state index contributed by atoms with van der Waals surface area (Å²) in [5.74, 6) is 0.975. The van der Waals surface area contributed by atoms with E-state index in [4.69, 9.17) is 16.2 Å². The lowest BCUT2D eigenvalue weighted by Gasteiger charge is -2.30. The molecule has 1 aliphatic rings. The van der Waals surface area contributed by atoms with Gasteiger partial charge in [0.05, 0.1) is 30.4 Å². The SMILES string of the molecule is COc1ncc(N2CCc3ncnc(N)c3C2)cc1N. The van der Waals surface area contributed by atoms with Crippen LogP contribution in [0.2, 0.25) is 0 Å². The minimum Gasteiger partial charge on any atom is -0.480 e. The van der Waals surface area contributed by atoms with Crippen molar-refractivity contribution in [3.63, 3.8) is 0 Å². The molecule has 104 valence electrons. The Kier molecular flexibility index (Phi) is 3.02. The third kappa shape index (κ3) is 2.07. The average Bonchev–Trinajstić information content (AvgIpc) is 2.47. The smallest absolute Gasteiger partial charge is 0.236 e. The Balaban J connectivity index is 1.90. The van der Waals surface area contributed by atoms with Crippen molar-refractivity contribution in [2.45, 2.75) is 13.0 Å². The molecule has 3 rings (SSSR count). The summed E-state index contributed by atoms with van der Waals surface area (Å²) in [6.45, 7) is 1.51. The van der Waals surface area contributed by atoms with E-state index in [1.54, 1.807) is 13.3 Å². The Morgan fingerprint density at radius 3 is 2.85 bits per heavy atom. The lowest BCUT2D eigenvalue weighted by Crippen LogP contribution is -2.32. The molecule has 20 heavy (non-hydrogen) atoms. The maximum atomic E-state index is 5.92. The first kappa shape index (κ1) is 12.5. The van der Waals surface area contributed by atoms with Crippen LogP contribution in [-0.4, -0.2) is 28.6 Å². The number of rotatable bonds is 2. The zero-order chi connectivity index (χ0) is 14.1. The van der Waals surface area contributed by atoms with Gasteiger partial charge in [-0.15, -0.1) is 0 Å². The molecule has 0 aromatic carbocycles. The predicted octanol–water partition coefficient (Wildman–Crippen LogP) is 0.607. The number of fused-ring (bicyclic) bond motifs is 1. The number of nitrogens with two attached hydrogens (primary N) is 2. The van der Waals surface area contributed by atoms with E-state index in [9.17, 15) is 0 Å². The lowest BCUT2D eigenvalue weighted by atomic mass is 10.1. The van der Waals surface area contributed by atoms with Gasteiger partial charge in [0.1, 0.15) is 12.1 Å². The minimum atomic E-state index is 0.439. The predicted molar refractivity (Wildman–Crippen MR) is 76.4 cm³/mol. The van der Waals surface area contributed by atoms with E-state index >= 15 is 0 Å². The zero-order valence-corrected chi connectivity index (χ0v) is 11.2. The number of nitrogen functional groups attached to an aromatic ring is 2. The maximum Gasteiger partial charge on any atom is 0.236 e. The van der Waals surface area contributed by atoms with Gasteiger partial charge in [-0.1, -0.05) is 0 Å². The van der Waals surface area contributed by atoms with E-state index < -0.39 is 0 Å². The van der Waals surface area contributed by atoms with Crippen molar-refractivity contribution in [1.82, 2.24) is 15.0 Å². The summed E-state index contributed by atoms with van der Waals surface area (Å²) in [6.07, 6.45) is 4.09. The van der Waals surface area contributed by atoms with Crippen LogP contribution in [0, 0.1) is 0 Å². The number of pyridine rings is 1. The molecule has 0 fully saturated rings. The van der Waals surface area contributed by atoms with E-state index in [0.29, 0.717) is 23.9 Å². The van der Waals surface area contributed by atoms with E-state index in [0.717, 1.165) is 29.9 Å². The Morgan fingerprint density at radius 1 is 1.25 bits per heavy atom. The molecule has 7 heteroatoms. The van der Waals surface area contributed by atoms with Gasteiger partial charge in [-0.25, -0.2) is 15.0 Å². The molecule has 7 nitrogen and oxygen atoms in total. The standard InChI is InChI=1S/C13H16N6O/c1-20-13-10(14)4-8(5-16-13)19-3-2-11-9(6-19)12(15)18-7-17-11/h4-5,7H,2-3,6,14H2,1H3,(H2,15,17,18). The van der Waals surface area contributed by atoms with Gasteiger partial charge < -0.3 is 21.1 Å². The fraction of sp³-hybridized carbons (Fsp3) is 0.308. The highest BCUT2D eigenvalue weighted by Crippen LogP contribution is 2.28. The van der Waals surface area contributed by atoms with E-state index in [-0.39, 0.29) is 0 Å². The molecule has 3 heterocycles. The van der Waals surface area contributed by atoms with Crippen LogP contribution >= 0.6 is 0 Å². The zero-order valence-electron chi connectivity index (χ0n) is 11.2. The van der Waals surface area contributed by atoms with Gasteiger partial charge in [-0.3, -0.25) is 0 Å². The van der Waals surface area contributed by atoms with E-state index in [1.807, 2.05) is 6.07 Å². The molecule has 2 aromatic heterocycles. The third-order valence-electron chi connectivity index (χ3n) is 3.46. The summed E-state index contributed by atoms with van der Waals surface area (Å²) in [7, 11) is 1.55. The second-order valence-electron chi connectivity index (χ2n) is 4.65. The summed E-state index contributed by atoms with van der Waals surface area (Å²) in [5, 5.41) is 0. The molecule has 1 aliphatic heterocycles. The third-order valence-corrected chi connectivity index (χ3v) is 3.46. The number of hydrogen-bond acceptors (Lipinski definition) is 7. The lowest BCUT2D eigenvalue weighted by molar-refractivity contribution is 0.400. The van der Waals surface area contributed by atoms with Crippen LogP contribution in [0.3, 0.4) is 0 Å². The molecule has 0 spiro atoms. The fourth-order valence-corrected chi connectivity index (χ4v) is 2.38. The molecule has 0 saturated heterocycles. The van der Waals surface area contributed by atoms with Gasteiger partial charge in [0.15, 0.2) is 0 Å². The first-order chi connectivity index (χ1) is 9.69. The van der Waals surface area contributed by atoms with Crippen LogP contribution < -0.4 is 21.1 Å². The second-order valence-corrected chi connectivity index (χ2v) is 4.65. The van der Waals surface area contributed by atoms with E-state index in [2.05, 4.69) is 19.9 Å². The van der Waals surface area contributed by atoms with Gasteiger partial charge in [0, 0.05) is 25.1 Å². The van der Waals surface area contributed by atoms with Gasteiger partial charge in [-0.2, -0.15) is 0 Å². The van der Waals surface area contributed by atoms with Crippen molar-refractivity contribution in [3.8, 4) is 5.88 Å². The topological polar surface area (TPSA) is 103 Å². The summed E-state index contributed by atoms with van der Waals surface area (Å²) in [4.78, 5) is 14.7. The molecule has 0 saturated carbocycles. The maximum absolute atomic E-state index is 5.92. The monoisotopic (exact) mass is 272 g/mol. The average molecular weight is 272 g/mol. The van der Waals surface area contributed by atoms with Crippen LogP contribution in [0.4, 0.5) is 17.2 Å². The Hall–Kier alpha value is -2.57. The summed E-state index contributed by atoms with van der Waals surface area (Å²) in [6, 6.07) is 1.86. The van der Waals surface area contributed by atoms with Gasteiger partial charge in [-0.05, 0) is 6.07 Å². The van der Waals surface area contributed by atoms with Crippen molar-refractivity contribution in [2.75, 3.05) is 30.0 Å². The number of nitrogens with zero attached hydrogens (tertiary/aromatic N) is 4. The first-order valence-corrected chi connectivity index (χ1v) is 6.31. The molecule has 0 bridgehead atoms. The second kappa shape index (κ2) is 4.84. The molecular formula is C13H16N6O. The summed E-state index contributed by atoms with van der Waals surface area (Å²) in [5.41, 5.74) is 15.3. The largest absolute Gasteiger partial charge is 0.480 e. The summed E-state index contributed by atoms with van der Waals surface area (Å²) >= 11 is 0. The van der Waals surface area contributed by atoms with Gasteiger partial charge in [0.25, 0.3) is 0 Å². The Morgan fingerprint density at radius 2 is 2.10 bits per heavy atom. The molecular weight excluding hydrogens is 256 g/mol. The van der Waals surface area contributed by atoms with Crippen LogP contribution in [0.25, 0.3) is 0 Å². The number of ether oxygens (including phenoxy) is 1. The van der Waals surface area contributed by atoms with Crippen molar-refractivity contribution < 1.29 is 4.74 Å². The molecule has 0 amide bonds. The molecule has 4 N–H and O–H groups in total. The molecule has 0 atom stereocenters. The molecule has 0 radical (unpaired) electrons. The minimum absolute atomic E-state index is 0.439. The van der Waals surface area contributed by atoms with Crippen LogP contribution in [0.15, 0.2) is 18.6 Å². The number of hydrogen-bond donors (Lipinski definition) is 2. The van der Waals surface area contributed by atoms with Gasteiger partial charge >= 0.3 is 0 Å². The van der Waals surface area contributed by atoms with Crippen molar-refractivity contribution in [2.24, 2.45) is 0 Å². The molecule has 0 aliphatic carbocycles. The number of methoxy groups -OCH3 is 1. The van der Waals surface area contributed by atoms with Crippen LogP contribution in [0.5, 0.6) is 5.88 Å². The Labute approximate surface area is 116 Å². The van der Waals surface area contributed by atoms with Crippen molar-refractivity contribution in [3.05, 3.63) is 29.8 Å². The number of aromatic nitrogens is 3. The van der Waals surface area contributed by atoms with E-state index in [1.165, 1.54) is 6.33 Å². The van der Waals surface area contributed by atoms with Crippen LogP contribution in [0.1, 0.15) is 11.3 Å². The normalized spacial score (nSPS) is 13.9. The highest BCUT2D eigenvalue weighted by molar-refractivity contribution is 5.61. The Bertz CT molecular complexity index is 645. The molecule has 2 aromatic rings. The highest BCUT2D eigenvalue weighted by Gasteiger charge is 2.21. The first-order valence-electron chi connectivity index (χ1n) is 6.31. The summed E-state index contributed by atoms with van der Waals surface area (Å²) < 4.78 is 5.07. The fourth-order valence-electron chi connectivity index (χ4n) is 2.38. The van der Waals surface area contributed by atoms with Gasteiger partial charge in [0.2, 0.25) is 5.88 Å². The highest BCUT2D eigenvalue weighted by atomic mass is 16.5. The van der Waals surface area contributed by atoms with Crippen molar-refractivity contribution in [1.29, 1.82) is 0 Å². The van der Waals surface area contributed by atoms with Crippen LogP contribution in [-0.2, 0) is 13.0 Å². The number of anilines is 3. The molecule has 0 unspecified atom stereocenters. The van der Waals surface area contributed by atoms with Crippen molar-refractivity contribution >= 4 is 17.2 Å². The quantitative estimate of drug-likeness (QED) is 0.825.